The molecule has 2 rings (SSSR count). The highest BCUT2D eigenvalue weighted by Gasteiger charge is 2.08. The fourth-order valence-electron chi connectivity index (χ4n) is 1.77. The first-order valence-electron chi connectivity index (χ1n) is 5.82. The Kier molecular flexibility index (Phi) is 3.92. The van der Waals surface area contributed by atoms with Crippen molar-refractivity contribution in [3.05, 3.63) is 58.1 Å². The van der Waals surface area contributed by atoms with Gasteiger partial charge >= 0.3 is 5.97 Å². The van der Waals surface area contributed by atoms with Gasteiger partial charge in [0.15, 0.2) is 0 Å². The lowest BCUT2D eigenvalue weighted by atomic mass is 10.1. The van der Waals surface area contributed by atoms with Crippen LogP contribution in [0.3, 0.4) is 0 Å². The molecule has 0 atom stereocenters. The van der Waals surface area contributed by atoms with Crippen LogP contribution in [0.2, 0.25) is 5.02 Å². The Hall–Kier alpha value is -2.51. The molecule has 0 saturated heterocycles. The minimum Gasteiger partial charge on any atom is -0.478 e. The summed E-state index contributed by atoms with van der Waals surface area (Å²) in [6.07, 6.45) is 0. The zero-order chi connectivity index (χ0) is 14.7. The van der Waals surface area contributed by atoms with Gasteiger partial charge in [0.2, 0.25) is 0 Å². The molecule has 0 aliphatic rings. The second-order valence-corrected chi connectivity index (χ2v) is 4.67. The van der Waals surface area contributed by atoms with Crippen LogP contribution in [-0.2, 0) is 0 Å². The first kappa shape index (κ1) is 13.9. The van der Waals surface area contributed by atoms with Crippen molar-refractivity contribution in [1.82, 2.24) is 0 Å². The number of nitrogens with zero attached hydrogens (tertiary/aromatic N) is 1. The molecular weight excluding hydrogens is 276 g/mol. The molecule has 0 unspecified atom stereocenters. The number of aromatic carboxylic acids is 1. The van der Waals surface area contributed by atoms with Crippen molar-refractivity contribution in [3.8, 4) is 6.07 Å². The molecule has 20 heavy (non-hydrogen) atoms. The summed E-state index contributed by atoms with van der Waals surface area (Å²) < 4.78 is 0. The van der Waals surface area contributed by atoms with Crippen LogP contribution in [-0.4, -0.2) is 11.1 Å². The Morgan fingerprint density at radius 2 is 2.00 bits per heavy atom. The van der Waals surface area contributed by atoms with E-state index in [1.54, 1.807) is 37.3 Å². The van der Waals surface area contributed by atoms with E-state index in [0.717, 1.165) is 11.3 Å². The third kappa shape index (κ3) is 2.90. The number of nitriles is 1. The van der Waals surface area contributed by atoms with Gasteiger partial charge in [0.1, 0.15) is 0 Å². The van der Waals surface area contributed by atoms with Gasteiger partial charge in [-0.1, -0.05) is 11.6 Å². The maximum absolute atomic E-state index is 10.9. The van der Waals surface area contributed by atoms with E-state index in [1.807, 2.05) is 6.07 Å². The molecule has 2 N–H and O–H groups in total. The van der Waals surface area contributed by atoms with Crippen LogP contribution in [0.25, 0.3) is 0 Å². The van der Waals surface area contributed by atoms with Crippen LogP contribution >= 0.6 is 11.6 Å². The lowest BCUT2D eigenvalue weighted by molar-refractivity contribution is 0.0697. The van der Waals surface area contributed by atoms with E-state index in [9.17, 15) is 4.79 Å². The van der Waals surface area contributed by atoms with E-state index in [2.05, 4.69) is 5.32 Å². The molecule has 0 bridgehead atoms. The highest BCUT2D eigenvalue weighted by molar-refractivity contribution is 6.33. The Morgan fingerprint density at radius 3 is 2.60 bits per heavy atom. The van der Waals surface area contributed by atoms with Crippen LogP contribution in [0.5, 0.6) is 0 Å². The van der Waals surface area contributed by atoms with E-state index in [0.29, 0.717) is 16.3 Å². The molecule has 2 aromatic rings. The zero-order valence-corrected chi connectivity index (χ0v) is 11.4. The summed E-state index contributed by atoms with van der Waals surface area (Å²) in [7, 11) is 0. The maximum atomic E-state index is 10.9. The summed E-state index contributed by atoms with van der Waals surface area (Å²) in [5.41, 5.74) is 2.86. The van der Waals surface area contributed by atoms with Crippen LogP contribution in [0.15, 0.2) is 36.4 Å². The van der Waals surface area contributed by atoms with Crippen molar-refractivity contribution in [2.45, 2.75) is 6.92 Å². The second-order valence-electron chi connectivity index (χ2n) is 4.27. The largest absolute Gasteiger partial charge is 0.478 e. The maximum Gasteiger partial charge on any atom is 0.335 e. The van der Waals surface area contributed by atoms with E-state index < -0.39 is 5.97 Å². The number of hydrogen-bond donors (Lipinski definition) is 2. The minimum atomic E-state index is -0.968. The van der Waals surface area contributed by atoms with Gasteiger partial charge in [-0.3, -0.25) is 0 Å². The van der Waals surface area contributed by atoms with Crippen molar-refractivity contribution >= 4 is 28.9 Å². The molecule has 0 heterocycles. The molecule has 0 fully saturated rings. The number of hydrogen-bond acceptors (Lipinski definition) is 3. The van der Waals surface area contributed by atoms with Gasteiger partial charge in [-0.25, -0.2) is 4.79 Å². The van der Waals surface area contributed by atoms with E-state index in [4.69, 9.17) is 22.0 Å². The Morgan fingerprint density at radius 1 is 1.25 bits per heavy atom. The molecule has 2 aromatic carbocycles. The average Bonchev–Trinajstić information content (AvgIpc) is 2.43. The smallest absolute Gasteiger partial charge is 0.335 e. The van der Waals surface area contributed by atoms with Crippen molar-refractivity contribution in [3.63, 3.8) is 0 Å². The summed E-state index contributed by atoms with van der Waals surface area (Å²) in [5.74, 6) is -0.968. The molecule has 0 spiro atoms. The molecule has 0 amide bonds. The number of carboxylic acids is 1. The number of benzene rings is 2. The summed E-state index contributed by atoms with van der Waals surface area (Å²) in [5, 5.41) is 21.4. The molecule has 0 radical (unpaired) electrons. The first-order chi connectivity index (χ1) is 9.51. The predicted molar refractivity (Wildman–Crippen MR) is 77.6 cm³/mol. The van der Waals surface area contributed by atoms with Crippen LogP contribution in [0.4, 0.5) is 11.4 Å². The van der Waals surface area contributed by atoms with E-state index in [1.165, 1.54) is 6.07 Å². The number of carboxylic acid groups (broad SMARTS) is 1. The first-order valence-corrected chi connectivity index (χ1v) is 6.19. The van der Waals surface area contributed by atoms with Gasteiger partial charge in [-0.05, 0) is 48.9 Å². The molecule has 4 nitrogen and oxygen atoms in total. The molecule has 5 heteroatoms. The Balaban J connectivity index is 2.35. The van der Waals surface area contributed by atoms with Crippen LogP contribution in [0, 0.1) is 18.3 Å². The second kappa shape index (κ2) is 5.64. The molecule has 0 saturated carbocycles. The number of nitrogens with one attached hydrogen (secondary N) is 1. The summed E-state index contributed by atoms with van der Waals surface area (Å²) in [6, 6.07) is 11.7. The van der Waals surface area contributed by atoms with Crippen molar-refractivity contribution in [1.29, 1.82) is 5.26 Å². The topological polar surface area (TPSA) is 73.1 Å². The molecule has 0 aromatic heterocycles. The van der Waals surface area contributed by atoms with Gasteiger partial charge < -0.3 is 10.4 Å². The van der Waals surface area contributed by atoms with Gasteiger partial charge in [-0.15, -0.1) is 0 Å². The predicted octanol–water partition coefficient (Wildman–Crippen LogP) is 3.96. The Labute approximate surface area is 121 Å². The molecule has 100 valence electrons. The van der Waals surface area contributed by atoms with Gasteiger partial charge in [-0.2, -0.15) is 5.26 Å². The summed E-state index contributed by atoms with van der Waals surface area (Å²) in [4.78, 5) is 10.9. The quantitative estimate of drug-likeness (QED) is 0.895. The number of aryl methyl sites for hydroxylation is 1. The van der Waals surface area contributed by atoms with Crippen LogP contribution in [0.1, 0.15) is 21.5 Å². The third-order valence-corrected chi connectivity index (χ3v) is 3.17. The number of anilines is 2. The lowest BCUT2D eigenvalue weighted by Gasteiger charge is -2.12. The SMILES string of the molecule is Cc1cc(C(=O)O)ccc1Nc1cc(C#N)ccc1Cl. The van der Waals surface area contributed by atoms with Gasteiger partial charge in [0.05, 0.1) is 27.9 Å². The summed E-state index contributed by atoms with van der Waals surface area (Å²) in [6.45, 7) is 1.80. The Bertz CT molecular complexity index is 720. The molecular formula is C15H11ClN2O2. The monoisotopic (exact) mass is 286 g/mol. The van der Waals surface area contributed by atoms with Crippen molar-refractivity contribution in [2.75, 3.05) is 5.32 Å². The normalized spacial score (nSPS) is 9.85. The minimum absolute atomic E-state index is 0.227. The molecule has 0 aliphatic heterocycles. The number of carbonyl (C=O) groups is 1. The highest BCUT2D eigenvalue weighted by atomic mass is 35.5. The fraction of sp³-hybridized carbons (Fsp3) is 0.0667. The van der Waals surface area contributed by atoms with Crippen LogP contribution < -0.4 is 5.32 Å². The van der Waals surface area contributed by atoms with Gasteiger partial charge in [0.25, 0.3) is 0 Å². The van der Waals surface area contributed by atoms with Crippen molar-refractivity contribution < 1.29 is 9.90 Å². The van der Waals surface area contributed by atoms with Crippen molar-refractivity contribution in [2.24, 2.45) is 0 Å². The highest BCUT2D eigenvalue weighted by Crippen LogP contribution is 2.28. The third-order valence-electron chi connectivity index (χ3n) is 2.84. The fourth-order valence-corrected chi connectivity index (χ4v) is 1.94. The van der Waals surface area contributed by atoms with E-state index in [-0.39, 0.29) is 5.56 Å². The number of rotatable bonds is 3. The molecule has 0 aliphatic carbocycles. The number of halogens is 1. The standard InChI is InChI=1S/C15H11ClN2O2/c1-9-6-11(15(19)20)3-5-13(9)18-14-7-10(8-17)2-4-12(14)16/h2-7,18H,1H3,(H,19,20). The average molecular weight is 287 g/mol. The zero-order valence-electron chi connectivity index (χ0n) is 10.6. The van der Waals surface area contributed by atoms with E-state index >= 15 is 0 Å². The van der Waals surface area contributed by atoms with Gasteiger partial charge in [0, 0.05) is 5.69 Å². The summed E-state index contributed by atoms with van der Waals surface area (Å²) >= 11 is 6.07. The lowest BCUT2D eigenvalue weighted by Crippen LogP contribution is -1.99.